The zero-order valence-corrected chi connectivity index (χ0v) is 17.6. The topological polar surface area (TPSA) is 49.3 Å². The molecule has 1 heterocycles. The third kappa shape index (κ3) is 7.24. The maximum atomic E-state index is 5.99. The molecule has 0 saturated carbocycles. The second kappa shape index (κ2) is 10.3. The third-order valence-electron chi connectivity index (χ3n) is 2.93. The highest BCUT2D eigenvalue weighted by Crippen LogP contribution is 2.19. The van der Waals surface area contributed by atoms with Crippen LogP contribution in [0.15, 0.2) is 29.4 Å². The number of rotatable bonds is 5. The van der Waals surface area contributed by atoms with Gasteiger partial charge in [-0.2, -0.15) is 0 Å². The molecule has 2 rings (SSSR count). The lowest BCUT2D eigenvalue weighted by Crippen LogP contribution is -2.37. The van der Waals surface area contributed by atoms with E-state index in [1.165, 1.54) is 4.88 Å². The highest BCUT2D eigenvalue weighted by molar-refractivity contribution is 14.0. The second-order valence-corrected chi connectivity index (χ2v) is 6.94. The van der Waals surface area contributed by atoms with E-state index in [0.717, 1.165) is 29.5 Å². The van der Waals surface area contributed by atoms with Crippen molar-refractivity contribution in [1.82, 2.24) is 15.6 Å². The molecule has 0 unspecified atom stereocenters. The van der Waals surface area contributed by atoms with Gasteiger partial charge in [0, 0.05) is 34.7 Å². The molecule has 0 aliphatic rings. The molecule has 0 aliphatic heterocycles. The smallest absolute Gasteiger partial charge is 0.191 e. The Morgan fingerprint density at radius 1 is 1.22 bits per heavy atom. The number of halogens is 3. The van der Waals surface area contributed by atoms with Gasteiger partial charge in [-0.25, -0.2) is 4.98 Å². The lowest BCUT2D eigenvalue weighted by Gasteiger charge is -2.11. The number of nitrogens with one attached hydrogen (secondary N) is 2. The van der Waals surface area contributed by atoms with E-state index in [1.54, 1.807) is 24.5 Å². The summed E-state index contributed by atoms with van der Waals surface area (Å²) >= 11 is 13.7. The van der Waals surface area contributed by atoms with Gasteiger partial charge < -0.3 is 10.6 Å². The van der Waals surface area contributed by atoms with Crippen LogP contribution < -0.4 is 10.6 Å². The van der Waals surface area contributed by atoms with Gasteiger partial charge in [-0.1, -0.05) is 23.2 Å². The molecule has 1 aromatic carbocycles. The number of nitrogens with zero attached hydrogens (tertiary/aromatic N) is 2. The summed E-state index contributed by atoms with van der Waals surface area (Å²) in [7, 11) is 1.75. The van der Waals surface area contributed by atoms with Gasteiger partial charge in [-0.15, -0.1) is 35.3 Å². The van der Waals surface area contributed by atoms with Crippen LogP contribution in [0.4, 0.5) is 0 Å². The summed E-state index contributed by atoms with van der Waals surface area (Å²) < 4.78 is 0. The van der Waals surface area contributed by atoms with E-state index in [1.807, 2.05) is 25.3 Å². The van der Waals surface area contributed by atoms with Crippen LogP contribution in [0, 0.1) is 6.92 Å². The first-order valence-corrected chi connectivity index (χ1v) is 8.45. The van der Waals surface area contributed by atoms with Crippen LogP contribution >= 0.6 is 58.5 Å². The molecule has 0 saturated heterocycles. The van der Waals surface area contributed by atoms with Crippen molar-refractivity contribution in [2.24, 2.45) is 4.99 Å². The van der Waals surface area contributed by atoms with E-state index in [9.17, 15) is 0 Å². The van der Waals surface area contributed by atoms with E-state index in [2.05, 4.69) is 20.6 Å². The molecule has 0 atom stereocenters. The van der Waals surface area contributed by atoms with E-state index < -0.39 is 0 Å². The number of hydrogen-bond acceptors (Lipinski definition) is 3. The van der Waals surface area contributed by atoms with Gasteiger partial charge in [-0.3, -0.25) is 4.99 Å². The van der Waals surface area contributed by atoms with Crippen molar-refractivity contribution in [3.63, 3.8) is 0 Å². The monoisotopic (exact) mass is 484 g/mol. The largest absolute Gasteiger partial charge is 0.356 e. The Morgan fingerprint density at radius 2 is 1.91 bits per heavy atom. The highest BCUT2D eigenvalue weighted by atomic mass is 127. The van der Waals surface area contributed by atoms with Crippen LogP contribution in [0.1, 0.15) is 15.4 Å². The number of aryl methyl sites for hydroxylation is 1. The Morgan fingerprint density at radius 3 is 2.48 bits per heavy atom. The highest BCUT2D eigenvalue weighted by Gasteiger charge is 2.02. The normalized spacial score (nSPS) is 11.0. The first-order chi connectivity index (χ1) is 10.6. The van der Waals surface area contributed by atoms with Crippen LogP contribution in [0.5, 0.6) is 0 Å². The van der Waals surface area contributed by atoms with Gasteiger partial charge in [0.15, 0.2) is 5.96 Å². The summed E-state index contributed by atoms with van der Waals surface area (Å²) in [6.45, 7) is 3.46. The van der Waals surface area contributed by atoms with Gasteiger partial charge in [0.25, 0.3) is 0 Å². The summed E-state index contributed by atoms with van der Waals surface area (Å²) in [5.74, 6) is 0.751. The molecule has 0 aliphatic carbocycles. The lowest BCUT2D eigenvalue weighted by atomic mass is 10.1. The van der Waals surface area contributed by atoms with Gasteiger partial charge in [0.05, 0.1) is 6.54 Å². The maximum Gasteiger partial charge on any atom is 0.191 e. The summed E-state index contributed by atoms with van der Waals surface area (Å²) in [5.41, 5.74) is 1.09. The standard InChI is InChI=1S/C15H18Cl2N4S.HI/c1-10-8-20-14(22-10)9-21-15(18-2)19-4-3-11-5-12(16)7-13(17)6-11;/h5-8H,3-4,9H2,1-2H3,(H2,18,19,21);1H. The number of benzene rings is 1. The summed E-state index contributed by atoms with van der Waals surface area (Å²) in [4.78, 5) is 9.71. The molecule has 1 aromatic heterocycles. The molecule has 2 aromatic rings. The first-order valence-electron chi connectivity index (χ1n) is 6.87. The predicted molar refractivity (Wildman–Crippen MR) is 111 cm³/mol. The number of hydrogen-bond donors (Lipinski definition) is 2. The number of thiazole rings is 1. The molecular weight excluding hydrogens is 466 g/mol. The van der Waals surface area contributed by atoms with E-state index >= 15 is 0 Å². The Balaban J connectivity index is 0.00000264. The Labute approximate surface area is 167 Å². The maximum absolute atomic E-state index is 5.99. The number of aromatic nitrogens is 1. The molecule has 4 nitrogen and oxygen atoms in total. The van der Waals surface area contributed by atoms with Crippen LogP contribution in [-0.2, 0) is 13.0 Å². The number of aliphatic imine (C=N–C) groups is 1. The fourth-order valence-corrected chi connectivity index (χ4v) is 3.24. The Bertz CT molecular complexity index is 640. The minimum Gasteiger partial charge on any atom is -0.356 e. The first kappa shape index (κ1) is 20.5. The molecule has 0 radical (unpaired) electrons. The summed E-state index contributed by atoms with van der Waals surface area (Å²) in [6, 6.07) is 5.57. The molecule has 0 spiro atoms. The number of guanidine groups is 1. The van der Waals surface area contributed by atoms with Crippen molar-refractivity contribution in [2.45, 2.75) is 19.9 Å². The van der Waals surface area contributed by atoms with Crippen molar-refractivity contribution < 1.29 is 0 Å². The van der Waals surface area contributed by atoms with Crippen LogP contribution in [0.3, 0.4) is 0 Å². The summed E-state index contributed by atoms with van der Waals surface area (Å²) in [6.07, 6.45) is 2.69. The lowest BCUT2D eigenvalue weighted by molar-refractivity contribution is 0.792. The van der Waals surface area contributed by atoms with Crippen molar-refractivity contribution in [3.8, 4) is 0 Å². The molecule has 126 valence electrons. The van der Waals surface area contributed by atoms with Crippen molar-refractivity contribution in [1.29, 1.82) is 0 Å². The van der Waals surface area contributed by atoms with Crippen molar-refractivity contribution in [3.05, 3.63) is 49.9 Å². The third-order valence-corrected chi connectivity index (χ3v) is 4.28. The average molecular weight is 485 g/mol. The average Bonchev–Trinajstić information content (AvgIpc) is 2.87. The second-order valence-electron chi connectivity index (χ2n) is 4.74. The minimum absolute atomic E-state index is 0. The molecule has 0 fully saturated rings. The zero-order valence-electron chi connectivity index (χ0n) is 12.9. The molecule has 23 heavy (non-hydrogen) atoms. The molecule has 0 bridgehead atoms. The minimum atomic E-state index is 0. The van der Waals surface area contributed by atoms with Gasteiger partial charge in [0.2, 0.25) is 0 Å². The Kier molecular flexibility index (Phi) is 9.19. The van der Waals surface area contributed by atoms with Gasteiger partial charge in [-0.05, 0) is 37.1 Å². The van der Waals surface area contributed by atoms with Crippen molar-refractivity contribution in [2.75, 3.05) is 13.6 Å². The molecule has 8 heteroatoms. The van der Waals surface area contributed by atoms with Crippen LogP contribution in [-0.4, -0.2) is 24.5 Å². The van der Waals surface area contributed by atoms with E-state index in [4.69, 9.17) is 23.2 Å². The van der Waals surface area contributed by atoms with E-state index in [0.29, 0.717) is 16.6 Å². The molecular formula is C15H19Cl2IN4S. The fourth-order valence-electron chi connectivity index (χ4n) is 1.94. The van der Waals surface area contributed by atoms with Crippen molar-refractivity contribution >= 4 is 64.5 Å². The zero-order chi connectivity index (χ0) is 15.9. The molecule has 0 amide bonds. The quantitative estimate of drug-likeness (QED) is 0.378. The SMILES string of the molecule is CN=C(NCCc1cc(Cl)cc(Cl)c1)NCc1ncc(C)s1.I. The van der Waals surface area contributed by atoms with Crippen LogP contribution in [0.2, 0.25) is 10.0 Å². The van der Waals surface area contributed by atoms with Crippen LogP contribution in [0.25, 0.3) is 0 Å². The predicted octanol–water partition coefficient (Wildman–Crippen LogP) is 4.28. The Hall–Kier alpha value is -0.570. The fraction of sp³-hybridized carbons (Fsp3) is 0.333. The molecule has 2 N–H and O–H groups in total. The van der Waals surface area contributed by atoms with Gasteiger partial charge >= 0.3 is 0 Å². The van der Waals surface area contributed by atoms with Gasteiger partial charge in [0.1, 0.15) is 5.01 Å². The summed E-state index contributed by atoms with van der Waals surface area (Å²) in [5, 5.41) is 8.86. The van der Waals surface area contributed by atoms with E-state index in [-0.39, 0.29) is 24.0 Å².